The highest BCUT2D eigenvalue weighted by Gasteiger charge is 2.23. The zero-order chi connectivity index (χ0) is 22.2. The van der Waals surface area contributed by atoms with Crippen LogP contribution in [-0.4, -0.2) is 50.2 Å². The van der Waals surface area contributed by atoms with E-state index in [9.17, 15) is 5.26 Å². The first-order valence-corrected chi connectivity index (χ1v) is 10.8. The topological polar surface area (TPSA) is 95.0 Å². The van der Waals surface area contributed by atoms with Crippen molar-refractivity contribution in [1.82, 2.24) is 29.9 Å². The number of benzene rings is 1. The number of hydrogen-bond acceptors (Lipinski definition) is 7. The summed E-state index contributed by atoms with van der Waals surface area (Å²) < 4.78 is 1.80. The molecule has 0 bridgehead atoms. The second-order valence-electron chi connectivity index (χ2n) is 7.99. The van der Waals surface area contributed by atoms with Gasteiger partial charge in [0.1, 0.15) is 11.9 Å². The summed E-state index contributed by atoms with van der Waals surface area (Å²) in [7, 11) is 0. The van der Waals surface area contributed by atoms with E-state index in [-0.39, 0.29) is 6.04 Å². The SMILES string of the molecule is N#CC1CNCCN1c1ccc(-c2cnc3c(-c4ccnc5ccccc45)cnn3c2)cn1. The molecular weight excluding hydrogens is 412 g/mol. The van der Waals surface area contributed by atoms with Crippen LogP contribution >= 0.6 is 0 Å². The van der Waals surface area contributed by atoms with E-state index in [0.717, 1.165) is 57.7 Å². The van der Waals surface area contributed by atoms with Gasteiger partial charge in [0.25, 0.3) is 0 Å². The maximum atomic E-state index is 9.42. The zero-order valence-corrected chi connectivity index (χ0v) is 17.8. The molecule has 0 amide bonds. The average Bonchev–Trinajstić information content (AvgIpc) is 3.31. The summed E-state index contributed by atoms with van der Waals surface area (Å²) in [5, 5.41) is 18.3. The molecule has 1 aliphatic heterocycles. The van der Waals surface area contributed by atoms with Crippen molar-refractivity contribution in [3.8, 4) is 28.3 Å². The molecule has 1 N–H and O–H groups in total. The summed E-state index contributed by atoms with van der Waals surface area (Å²) in [6, 6.07) is 16.2. The highest BCUT2D eigenvalue weighted by Crippen LogP contribution is 2.30. The summed E-state index contributed by atoms with van der Waals surface area (Å²) in [6.07, 6.45) is 9.31. The van der Waals surface area contributed by atoms with Crippen molar-refractivity contribution in [3.63, 3.8) is 0 Å². The predicted octanol–water partition coefficient (Wildman–Crippen LogP) is 3.31. The van der Waals surface area contributed by atoms with Crippen LogP contribution < -0.4 is 10.2 Å². The van der Waals surface area contributed by atoms with Crippen LogP contribution in [-0.2, 0) is 0 Å². The number of nitriles is 1. The maximum absolute atomic E-state index is 9.42. The second-order valence-corrected chi connectivity index (χ2v) is 7.99. The van der Waals surface area contributed by atoms with Gasteiger partial charge in [-0.25, -0.2) is 14.5 Å². The Morgan fingerprint density at radius 1 is 0.939 bits per heavy atom. The Morgan fingerprint density at radius 2 is 1.85 bits per heavy atom. The summed E-state index contributed by atoms with van der Waals surface area (Å²) in [5.74, 6) is 0.812. The summed E-state index contributed by atoms with van der Waals surface area (Å²) >= 11 is 0. The first kappa shape index (κ1) is 19.3. The molecule has 8 heteroatoms. The molecule has 1 aromatic carbocycles. The summed E-state index contributed by atoms with van der Waals surface area (Å²) in [4.78, 5) is 15.9. The molecule has 0 aliphatic carbocycles. The van der Waals surface area contributed by atoms with Crippen LogP contribution in [0, 0.1) is 11.3 Å². The monoisotopic (exact) mass is 432 g/mol. The van der Waals surface area contributed by atoms with Crippen LogP contribution in [0.25, 0.3) is 38.8 Å². The fourth-order valence-electron chi connectivity index (χ4n) is 4.37. The quantitative estimate of drug-likeness (QED) is 0.467. The van der Waals surface area contributed by atoms with E-state index in [2.05, 4.69) is 32.5 Å². The Hall–Kier alpha value is -4.35. The minimum Gasteiger partial charge on any atom is -0.338 e. The number of piperazine rings is 1. The van der Waals surface area contributed by atoms with Gasteiger partial charge in [0.2, 0.25) is 0 Å². The Bertz CT molecular complexity index is 1490. The van der Waals surface area contributed by atoms with Crippen LogP contribution in [0.2, 0.25) is 0 Å². The predicted molar refractivity (Wildman–Crippen MR) is 127 cm³/mol. The molecule has 0 saturated carbocycles. The molecule has 1 saturated heterocycles. The first-order chi connectivity index (χ1) is 16.3. The molecule has 5 aromatic rings. The van der Waals surface area contributed by atoms with Gasteiger partial charge >= 0.3 is 0 Å². The lowest BCUT2D eigenvalue weighted by Crippen LogP contribution is -2.51. The van der Waals surface area contributed by atoms with Crippen molar-refractivity contribution in [2.45, 2.75) is 6.04 Å². The molecule has 33 heavy (non-hydrogen) atoms. The smallest absolute Gasteiger partial charge is 0.162 e. The Morgan fingerprint density at radius 3 is 2.73 bits per heavy atom. The number of fused-ring (bicyclic) bond motifs is 2. The van der Waals surface area contributed by atoms with E-state index in [1.807, 2.05) is 72.3 Å². The number of nitrogens with one attached hydrogen (secondary N) is 1. The fourth-order valence-corrected chi connectivity index (χ4v) is 4.37. The Labute approximate surface area is 190 Å². The molecule has 1 fully saturated rings. The number of rotatable bonds is 3. The van der Waals surface area contributed by atoms with E-state index >= 15 is 0 Å². The van der Waals surface area contributed by atoms with Gasteiger partial charge < -0.3 is 10.2 Å². The van der Waals surface area contributed by atoms with Crippen molar-refractivity contribution in [2.75, 3.05) is 24.5 Å². The fraction of sp³-hybridized carbons (Fsp3) is 0.160. The van der Waals surface area contributed by atoms with Gasteiger partial charge in [-0.1, -0.05) is 18.2 Å². The molecule has 6 rings (SSSR count). The lowest BCUT2D eigenvalue weighted by molar-refractivity contribution is 0.531. The van der Waals surface area contributed by atoms with Crippen molar-refractivity contribution in [2.24, 2.45) is 0 Å². The minimum absolute atomic E-state index is 0.207. The third kappa shape index (κ3) is 3.35. The number of anilines is 1. The average molecular weight is 432 g/mol. The third-order valence-corrected chi connectivity index (χ3v) is 6.06. The minimum atomic E-state index is -0.207. The highest BCUT2D eigenvalue weighted by molar-refractivity contribution is 5.97. The lowest BCUT2D eigenvalue weighted by Gasteiger charge is -2.32. The molecule has 8 nitrogen and oxygen atoms in total. The summed E-state index contributed by atoms with van der Waals surface area (Å²) in [5.41, 5.74) is 5.63. The van der Waals surface area contributed by atoms with Crippen LogP contribution in [0.1, 0.15) is 0 Å². The number of pyridine rings is 2. The second kappa shape index (κ2) is 7.97. The van der Waals surface area contributed by atoms with Crippen molar-refractivity contribution >= 4 is 22.4 Å². The van der Waals surface area contributed by atoms with Crippen LogP contribution in [0.4, 0.5) is 5.82 Å². The number of nitrogens with zero attached hydrogens (tertiary/aromatic N) is 7. The van der Waals surface area contributed by atoms with Crippen molar-refractivity contribution in [1.29, 1.82) is 5.26 Å². The van der Waals surface area contributed by atoms with Gasteiger partial charge in [0.15, 0.2) is 5.65 Å². The third-order valence-electron chi connectivity index (χ3n) is 6.06. The summed E-state index contributed by atoms with van der Waals surface area (Å²) in [6.45, 7) is 2.25. The van der Waals surface area contributed by atoms with E-state index < -0.39 is 0 Å². The van der Waals surface area contributed by atoms with Gasteiger partial charge in [-0.3, -0.25) is 4.98 Å². The van der Waals surface area contributed by atoms with E-state index in [4.69, 9.17) is 4.98 Å². The van der Waals surface area contributed by atoms with E-state index in [0.29, 0.717) is 6.54 Å². The van der Waals surface area contributed by atoms with Crippen molar-refractivity contribution in [3.05, 3.63) is 73.4 Å². The van der Waals surface area contributed by atoms with Gasteiger partial charge in [-0.2, -0.15) is 10.4 Å². The van der Waals surface area contributed by atoms with Crippen LogP contribution in [0.15, 0.2) is 73.4 Å². The van der Waals surface area contributed by atoms with Crippen LogP contribution in [0.5, 0.6) is 0 Å². The largest absolute Gasteiger partial charge is 0.338 e. The molecule has 4 aromatic heterocycles. The normalized spacial score (nSPS) is 16.2. The maximum Gasteiger partial charge on any atom is 0.162 e. The van der Waals surface area contributed by atoms with Gasteiger partial charge in [0, 0.05) is 66.5 Å². The lowest BCUT2D eigenvalue weighted by atomic mass is 10.0. The van der Waals surface area contributed by atoms with Gasteiger partial charge in [0.05, 0.1) is 17.8 Å². The Kier molecular flexibility index (Phi) is 4.67. The number of para-hydroxylation sites is 1. The standard InChI is InChI=1S/C25H20N8/c26-11-19-14-27-9-10-32(19)24-6-5-17(12-29-24)18-13-30-25-22(15-31-33(25)16-18)20-7-8-28-23-4-2-1-3-21(20)23/h1-8,12-13,15-16,19,27H,9-10,14H2. The molecule has 160 valence electrons. The Balaban J connectivity index is 1.34. The first-order valence-electron chi connectivity index (χ1n) is 10.8. The number of aromatic nitrogens is 5. The molecule has 1 atom stereocenters. The molecule has 5 heterocycles. The molecule has 1 aliphatic rings. The van der Waals surface area contributed by atoms with E-state index in [1.54, 1.807) is 4.52 Å². The van der Waals surface area contributed by atoms with Crippen LogP contribution in [0.3, 0.4) is 0 Å². The van der Waals surface area contributed by atoms with E-state index in [1.165, 1.54) is 0 Å². The molecular formula is C25H20N8. The molecule has 1 unspecified atom stereocenters. The number of hydrogen-bond donors (Lipinski definition) is 1. The highest BCUT2D eigenvalue weighted by atomic mass is 15.3. The molecule has 0 spiro atoms. The van der Waals surface area contributed by atoms with Crippen molar-refractivity contribution < 1.29 is 0 Å². The molecule has 0 radical (unpaired) electrons. The van der Waals surface area contributed by atoms with Gasteiger partial charge in [-0.05, 0) is 29.8 Å². The zero-order valence-electron chi connectivity index (χ0n) is 17.8. The van der Waals surface area contributed by atoms with Gasteiger partial charge in [-0.15, -0.1) is 0 Å².